The number of hydrogen-bond acceptors (Lipinski definition) is 6. The molecule has 1 aliphatic heterocycles. The van der Waals surface area contributed by atoms with Crippen LogP contribution in [0.15, 0.2) is 70.4 Å². The van der Waals surface area contributed by atoms with Gasteiger partial charge in [-0.2, -0.15) is 5.10 Å². The molecule has 0 atom stereocenters. The minimum absolute atomic E-state index is 0.0311. The standard InChI is InChI=1S/C22H21N5O2S/c1-14(2)10-24-22-27(26-15(3)17-5-4-8-23-11-17)19(13-30-22)16-6-7-20-18(9-16)25-21(28)12-29-20/h4-9,11,13H,1,10,12H2,2-3H3,(H,25,28). The summed E-state index contributed by atoms with van der Waals surface area (Å²) in [5, 5.41) is 9.69. The molecule has 1 aromatic carbocycles. The molecule has 152 valence electrons. The average molecular weight is 420 g/mol. The number of benzene rings is 1. The van der Waals surface area contributed by atoms with E-state index in [0.717, 1.165) is 32.9 Å². The Morgan fingerprint density at radius 1 is 1.37 bits per heavy atom. The summed E-state index contributed by atoms with van der Waals surface area (Å²) in [5.74, 6) is 0.489. The number of hydrogen-bond donors (Lipinski definition) is 1. The number of nitrogens with zero attached hydrogens (tertiary/aromatic N) is 4. The highest BCUT2D eigenvalue weighted by atomic mass is 32.1. The maximum Gasteiger partial charge on any atom is 0.262 e. The SMILES string of the molecule is C=C(C)CN=c1scc(-c2ccc3c(c2)NC(=O)CO3)n1N=C(C)c1cccnc1. The number of ether oxygens (including phenoxy) is 1. The monoisotopic (exact) mass is 419 g/mol. The fourth-order valence-corrected chi connectivity index (χ4v) is 3.76. The zero-order valence-corrected chi connectivity index (χ0v) is 17.6. The topological polar surface area (TPSA) is 80.9 Å². The van der Waals surface area contributed by atoms with E-state index in [-0.39, 0.29) is 12.5 Å². The third-order valence-electron chi connectivity index (χ3n) is 4.41. The molecule has 30 heavy (non-hydrogen) atoms. The summed E-state index contributed by atoms with van der Waals surface area (Å²) in [5.41, 5.74) is 5.13. The molecule has 1 amide bonds. The molecule has 8 heteroatoms. The minimum atomic E-state index is -0.166. The van der Waals surface area contributed by atoms with E-state index in [4.69, 9.17) is 9.84 Å². The third-order valence-corrected chi connectivity index (χ3v) is 5.26. The second-order valence-corrected chi connectivity index (χ2v) is 7.80. The van der Waals surface area contributed by atoms with E-state index >= 15 is 0 Å². The van der Waals surface area contributed by atoms with E-state index in [2.05, 4.69) is 21.9 Å². The van der Waals surface area contributed by atoms with Crippen LogP contribution < -0.4 is 14.9 Å². The molecule has 7 nitrogen and oxygen atoms in total. The molecule has 0 spiro atoms. The smallest absolute Gasteiger partial charge is 0.262 e. The number of carbonyl (C=O) groups excluding carboxylic acids is 1. The summed E-state index contributed by atoms with van der Waals surface area (Å²) in [4.78, 5) is 21.3. The zero-order chi connectivity index (χ0) is 21.1. The lowest BCUT2D eigenvalue weighted by atomic mass is 10.1. The number of carbonyl (C=O) groups is 1. The van der Waals surface area contributed by atoms with E-state index in [1.54, 1.807) is 12.4 Å². The number of anilines is 1. The summed E-state index contributed by atoms with van der Waals surface area (Å²) in [6, 6.07) is 9.55. The minimum Gasteiger partial charge on any atom is -0.482 e. The normalized spacial score (nSPS) is 14.1. The molecule has 0 saturated carbocycles. The van der Waals surface area contributed by atoms with Crippen LogP contribution in [0.5, 0.6) is 5.75 Å². The van der Waals surface area contributed by atoms with Crippen LogP contribution in [0.2, 0.25) is 0 Å². The Morgan fingerprint density at radius 3 is 3.00 bits per heavy atom. The van der Waals surface area contributed by atoms with E-state index in [1.165, 1.54) is 11.3 Å². The van der Waals surface area contributed by atoms with Crippen LogP contribution in [-0.2, 0) is 4.79 Å². The van der Waals surface area contributed by atoms with Gasteiger partial charge in [0, 0.05) is 28.9 Å². The number of thiazole rings is 1. The lowest BCUT2D eigenvalue weighted by Gasteiger charge is -2.18. The van der Waals surface area contributed by atoms with Crippen LogP contribution in [0, 0.1) is 0 Å². The lowest BCUT2D eigenvalue weighted by Crippen LogP contribution is -2.25. The third kappa shape index (κ3) is 4.23. The molecule has 2 aromatic heterocycles. The molecular weight excluding hydrogens is 398 g/mol. The predicted octanol–water partition coefficient (Wildman–Crippen LogP) is 3.69. The maximum absolute atomic E-state index is 11.7. The van der Waals surface area contributed by atoms with E-state index in [1.807, 2.05) is 54.2 Å². The van der Waals surface area contributed by atoms with Crippen molar-refractivity contribution in [3.8, 4) is 17.0 Å². The van der Waals surface area contributed by atoms with Crippen LogP contribution in [-0.4, -0.2) is 34.4 Å². The maximum atomic E-state index is 11.7. The van der Waals surface area contributed by atoms with Gasteiger partial charge in [-0.05, 0) is 38.1 Å². The van der Waals surface area contributed by atoms with Crippen LogP contribution in [0.25, 0.3) is 11.3 Å². The Bertz CT molecular complexity index is 1210. The van der Waals surface area contributed by atoms with Crippen molar-refractivity contribution in [3.63, 3.8) is 0 Å². The highest BCUT2D eigenvalue weighted by Gasteiger charge is 2.18. The Hall–Kier alpha value is -3.52. The van der Waals surface area contributed by atoms with Gasteiger partial charge in [0.2, 0.25) is 4.80 Å². The first kappa shape index (κ1) is 19.8. The van der Waals surface area contributed by atoms with Gasteiger partial charge in [0.15, 0.2) is 6.61 Å². The second kappa shape index (κ2) is 8.46. The van der Waals surface area contributed by atoms with Crippen LogP contribution >= 0.6 is 11.3 Å². The molecule has 3 aromatic rings. The van der Waals surface area contributed by atoms with Gasteiger partial charge >= 0.3 is 0 Å². The molecule has 3 heterocycles. The van der Waals surface area contributed by atoms with E-state index in [0.29, 0.717) is 18.0 Å². The highest BCUT2D eigenvalue weighted by Crippen LogP contribution is 2.33. The second-order valence-electron chi connectivity index (χ2n) is 6.96. The number of nitrogens with one attached hydrogen (secondary N) is 1. The van der Waals surface area contributed by atoms with Gasteiger partial charge < -0.3 is 10.1 Å². The van der Waals surface area contributed by atoms with Crippen LogP contribution in [0.4, 0.5) is 5.69 Å². The molecule has 1 N–H and O–H groups in total. The van der Waals surface area contributed by atoms with Crippen LogP contribution in [0.3, 0.4) is 0 Å². The number of pyridine rings is 1. The Balaban J connectivity index is 1.83. The molecule has 0 unspecified atom stereocenters. The molecule has 1 aliphatic rings. The van der Waals surface area contributed by atoms with Gasteiger partial charge in [-0.15, -0.1) is 11.3 Å². The number of rotatable bonds is 5. The number of aromatic nitrogens is 2. The van der Waals surface area contributed by atoms with Gasteiger partial charge in [-0.3, -0.25) is 14.8 Å². The Labute approximate surface area is 178 Å². The largest absolute Gasteiger partial charge is 0.482 e. The molecule has 0 fully saturated rings. The predicted molar refractivity (Wildman–Crippen MR) is 119 cm³/mol. The highest BCUT2D eigenvalue weighted by molar-refractivity contribution is 7.07. The number of amides is 1. The summed E-state index contributed by atoms with van der Waals surface area (Å²) in [7, 11) is 0. The fraction of sp³-hybridized carbons (Fsp3) is 0.182. The summed E-state index contributed by atoms with van der Waals surface area (Å²) in [6.07, 6.45) is 3.51. The quantitative estimate of drug-likeness (QED) is 0.506. The first-order valence-electron chi connectivity index (χ1n) is 9.40. The van der Waals surface area contributed by atoms with Gasteiger partial charge in [-0.25, -0.2) is 4.68 Å². The van der Waals surface area contributed by atoms with Gasteiger partial charge in [0.1, 0.15) is 5.75 Å². The molecule has 0 radical (unpaired) electrons. The Morgan fingerprint density at radius 2 is 2.23 bits per heavy atom. The molecule has 0 saturated heterocycles. The summed E-state index contributed by atoms with van der Waals surface area (Å²) >= 11 is 1.50. The van der Waals surface area contributed by atoms with Crippen molar-refractivity contribution in [2.75, 3.05) is 18.5 Å². The first-order valence-corrected chi connectivity index (χ1v) is 10.3. The van der Waals surface area contributed by atoms with Crippen molar-refractivity contribution >= 4 is 28.6 Å². The van der Waals surface area contributed by atoms with E-state index < -0.39 is 0 Å². The fourth-order valence-electron chi connectivity index (χ4n) is 2.93. The van der Waals surface area contributed by atoms with Crippen molar-refractivity contribution in [2.45, 2.75) is 13.8 Å². The van der Waals surface area contributed by atoms with Crippen LogP contribution in [0.1, 0.15) is 19.4 Å². The van der Waals surface area contributed by atoms with Crippen molar-refractivity contribution in [3.05, 3.63) is 70.6 Å². The molecular formula is C22H21N5O2S. The first-order chi connectivity index (χ1) is 14.5. The lowest BCUT2D eigenvalue weighted by molar-refractivity contribution is -0.118. The van der Waals surface area contributed by atoms with Gasteiger partial charge in [-0.1, -0.05) is 18.2 Å². The molecule has 0 bridgehead atoms. The van der Waals surface area contributed by atoms with Crippen molar-refractivity contribution in [2.24, 2.45) is 10.1 Å². The van der Waals surface area contributed by atoms with Crippen molar-refractivity contribution in [1.82, 2.24) is 9.66 Å². The molecule has 4 rings (SSSR count). The molecule has 0 aliphatic carbocycles. The van der Waals surface area contributed by atoms with Gasteiger partial charge in [0.25, 0.3) is 5.91 Å². The summed E-state index contributed by atoms with van der Waals surface area (Å²) in [6.45, 7) is 8.37. The van der Waals surface area contributed by atoms with Crippen molar-refractivity contribution in [1.29, 1.82) is 0 Å². The van der Waals surface area contributed by atoms with Gasteiger partial charge in [0.05, 0.1) is 23.6 Å². The van der Waals surface area contributed by atoms with E-state index in [9.17, 15) is 4.79 Å². The number of fused-ring (bicyclic) bond motifs is 1. The van der Waals surface area contributed by atoms with Crippen molar-refractivity contribution < 1.29 is 9.53 Å². The Kier molecular flexibility index (Phi) is 5.58. The zero-order valence-electron chi connectivity index (χ0n) is 16.8. The summed E-state index contributed by atoms with van der Waals surface area (Å²) < 4.78 is 7.29. The average Bonchev–Trinajstić information content (AvgIpc) is 3.14.